The summed E-state index contributed by atoms with van der Waals surface area (Å²) in [7, 11) is 1.74. The molecule has 1 N–H and O–H groups in total. The highest BCUT2D eigenvalue weighted by molar-refractivity contribution is 6.09. The molecule has 4 rings (SSSR count). The van der Waals surface area contributed by atoms with E-state index in [-0.39, 0.29) is 23.6 Å². The first kappa shape index (κ1) is 22.7. The van der Waals surface area contributed by atoms with E-state index in [0.717, 1.165) is 0 Å². The molecule has 1 amide bonds. The molecule has 0 bridgehead atoms. The highest BCUT2D eigenvalue weighted by atomic mass is 19.1. The fourth-order valence-electron chi connectivity index (χ4n) is 3.51. The molecule has 4 aromatic rings. The first-order valence-corrected chi connectivity index (χ1v) is 10.5. The van der Waals surface area contributed by atoms with Gasteiger partial charge in [-0.05, 0) is 67.6 Å². The van der Waals surface area contributed by atoms with Crippen molar-refractivity contribution in [1.29, 1.82) is 0 Å². The molecule has 0 radical (unpaired) electrons. The molecule has 172 valence electrons. The van der Waals surface area contributed by atoms with E-state index in [1.165, 1.54) is 28.9 Å². The van der Waals surface area contributed by atoms with Crippen molar-refractivity contribution < 1.29 is 18.7 Å². The smallest absolute Gasteiger partial charge is 0.295 e. The van der Waals surface area contributed by atoms with Gasteiger partial charge < -0.3 is 10.1 Å². The molecule has 8 heteroatoms. The summed E-state index contributed by atoms with van der Waals surface area (Å²) in [6.45, 7) is 1.43. The average Bonchev–Trinajstić information content (AvgIpc) is 3.06. The number of ketones is 1. The molecule has 0 aliphatic heterocycles. The Morgan fingerprint density at radius 1 is 0.912 bits per heavy atom. The second-order valence-corrected chi connectivity index (χ2v) is 7.63. The summed E-state index contributed by atoms with van der Waals surface area (Å²) in [5.41, 5.74) is 1.90. The molecule has 34 heavy (non-hydrogen) atoms. The number of para-hydroxylation sites is 1. The fourth-order valence-corrected chi connectivity index (χ4v) is 3.51. The number of carbonyl (C=O) groups is 2. The third-order valence-electron chi connectivity index (χ3n) is 5.41. The Morgan fingerprint density at radius 3 is 2.12 bits per heavy atom. The number of nitrogens with zero attached hydrogens (tertiary/aromatic N) is 2. The van der Waals surface area contributed by atoms with Gasteiger partial charge in [-0.25, -0.2) is 9.07 Å². The van der Waals surface area contributed by atoms with E-state index in [2.05, 4.69) is 5.32 Å². The van der Waals surface area contributed by atoms with E-state index in [1.54, 1.807) is 55.1 Å². The van der Waals surface area contributed by atoms with Crippen LogP contribution in [0.3, 0.4) is 0 Å². The van der Waals surface area contributed by atoms with Crippen molar-refractivity contribution in [2.24, 2.45) is 7.05 Å². The number of hydrogen-bond acceptors (Lipinski definition) is 4. The summed E-state index contributed by atoms with van der Waals surface area (Å²) in [4.78, 5) is 37.8. The maximum absolute atomic E-state index is 13.1. The van der Waals surface area contributed by atoms with E-state index >= 15 is 0 Å². The molecular formula is C26H22FN3O4. The van der Waals surface area contributed by atoms with Crippen LogP contribution < -0.4 is 15.6 Å². The number of benzene rings is 3. The van der Waals surface area contributed by atoms with Gasteiger partial charge >= 0.3 is 0 Å². The fraction of sp³-hybridized carbons (Fsp3) is 0.115. The quantitative estimate of drug-likeness (QED) is 0.426. The average molecular weight is 459 g/mol. The molecule has 0 saturated heterocycles. The van der Waals surface area contributed by atoms with Gasteiger partial charge in [-0.1, -0.05) is 18.2 Å². The van der Waals surface area contributed by atoms with Gasteiger partial charge in [0.05, 0.1) is 11.4 Å². The number of nitrogens with one attached hydrogen (secondary N) is 1. The van der Waals surface area contributed by atoms with Gasteiger partial charge in [0.1, 0.15) is 17.3 Å². The highest BCUT2D eigenvalue weighted by Gasteiger charge is 2.18. The van der Waals surface area contributed by atoms with Crippen LogP contribution in [0, 0.1) is 12.7 Å². The predicted molar refractivity (Wildman–Crippen MR) is 126 cm³/mol. The van der Waals surface area contributed by atoms with E-state index in [0.29, 0.717) is 28.3 Å². The zero-order chi connectivity index (χ0) is 24.2. The molecule has 0 fully saturated rings. The van der Waals surface area contributed by atoms with Crippen LogP contribution in [-0.4, -0.2) is 27.7 Å². The lowest BCUT2D eigenvalue weighted by Gasteiger charge is -2.08. The summed E-state index contributed by atoms with van der Waals surface area (Å²) in [6, 6.07) is 20.7. The standard InChI is InChI=1S/C26H22FN3O4/c1-17-24(26(33)30(29(17)2)21-6-4-3-5-7-21)28-23(31)16-34-22-14-10-19(11-15-22)25(32)18-8-12-20(27)13-9-18/h3-15H,16H2,1-2H3,(H,28,31). The second-order valence-electron chi connectivity index (χ2n) is 7.63. The van der Waals surface area contributed by atoms with Crippen LogP contribution >= 0.6 is 0 Å². The molecule has 7 nitrogen and oxygen atoms in total. The Balaban J connectivity index is 1.41. The molecule has 0 atom stereocenters. The minimum atomic E-state index is -0.488. The summed E-state index contributed by atoms with van der Waals surface area (Å²) in [6.07, 6.45) is 0. The molecule has 0 aliphatic carbocycles. The van der Waals surface area contributed by atoms with Crippen LogP contribution in [-0.2, 0) is 11.8 Å². The topological polar surface area (TPSA) is 82.3 Å². The number of aromatic nitrogens is 2. The SMILES string of the molecule is Cc1c(NC(=O)COc2ccc(C(=O)c3ccc(F)cc3)cc2)c(=O)n(-c2ccccc2)n1C. The van der Waals surface area contributed by atoms with Gasteiger partial charge in [-0.2, -0.15) is 0 Å². The second kappa shape index (κ2) is 9.58. The Morgan fingerprint density at radius 2 is 1.50 bits per heavy atom. The van der Waals surface area contributed by atoms with E-state index < -0.39 is 11.7 Å². The van der Waals surface area contributed by atoms with Crippen LogP contribution in [0.15, 0.2) is 83.7 Å². The van der Waals surface area contributed by atoms with Crippen molar-refractivity contribution in [3.05, 3.63) is 112 Å². The van der Waals surface area contributed by atoms with Gasteiger partial charge in [0.15, 0.2) is 12.4 Å². The number of carbonyl (C=O) groups excluding carboxylic acids is 2. The molecule has 1 heterocycles. The Kier molecular flexibility index (Phi) is 6.40. The van der Waals surface area contributed by atoms with Crippen molar-refractivity contribution in [2.45, 2.75) is 6.92 Å². The highest BCUT2D eigenvalue weighted by Crippen LogP contribution is 2.17. The number of ether oxygens (including phenoxy) is 1. The van der Waals surface area contributed by atoms with Crippen molar-refractivity contribution in [2.75, 3.05) is 11.9 Å². The first-order valence-electron chi connectivity index (χ1n) is 10.5. The van der Waals surface area contributed by atoms with Crippen molar-refractivity contribution in [3.8, 4) is 11.4 Å². The summed E-state index contributed by atoms with van der Waals surface area (Å²) in [5.74, 6) is -0.767. The van der Waals surface area contributed by atoms with Gasteiger partial charge in [0.25, 0.3) is 11.5 Å². The summed E-state index contributed by atoms with van der Waals surface area (Å²) < 4.78 is 21.7. The minimum absolute atomic E-state index is 0.181. The number of amides is 1. The van der Waals surface area contributed by atoms with E-state index in [9.17, 15) is 18.8 Å². The molecule has 0 aliphatic rings. The van der Waals surface area contributed by atoms with Crippen LogP contribution in [0.4, 0.5) is 10.1 Å². The van der Waals surface area contributed by atoms with Gasteiger partial charge in [-0.3, -0.25) is 19.1 Å². The molecular weight excluding hydrogens is 437 g/mol. The van der Waals surface area contributed by atoms with Crippen molar-refractivity contribution in [3.63, 3.8) is 0 Å². The predicted octanol–water partition coefficient (Wildman–Crippen LogP) is 3.87. The summed E-state index contributed by atoms with van der Waals surface area (Å²) in [5, 5.41) is 2.63. The minimum Gasteiger partial charge on any atom is -0.484 e. The van der Waals surface area contributed by atoms with Crippen LogP contribution in [0.25, 0.3) is 5.69 Å². The molecule has 0 unspecified atom stereocenters. The monoisotopic (exact) mass is 459 g/mol. The van der Waals surface area contributed by atoms with Crippen LogP contribution in [0.1, 0.15) is 21.6 Å². The van der Waals surface area contributed by atoms with E-state index in [1.807, 2.05) is 18.2 Å². The number of anilines is 1. The third kappa shape index (κ3) is 4.66. The summed E-state index contributed by atoms with van der Waals surface area (Å²) >= 11 is 0. The van der Waals surface area contributed by atoms with Crippen molar-refractivity contribution >= 4 is 17.4 Å². The zero-order valence-electron chi connectivity index (χ0n) is 18.6. The molecule has 0 saturated carbocycles. The third-order valence-corrected chi connectivity index (χ3v) is 5.41. The lowest BCUT2D eigenvalue weighted by atomic mass is 10.0. The Hall–Kier alpha value is -4.46. The largest absolute Gasteiger partial charge is 0.484 e. The van der Waals surface area contributed by atoms with Crippen LogP contribution in [0.5, 0.6) is 5.75 Å². The van der Waals surface area contributed by atoms with Gasteiger partial charge in [0.2, 0.25) is 0 Å². The van der Waals surface area contributed by atoms with Crippen LogP contribution in [0.2, 0.25) is 0 Å². The first-order chi connectivity index (χ1) is 16.3. The molecule has 1 aromatic heterocycles. The lowest BCUT2D eigenvalue weighted by molar-refractivity contribution is -0.118. The Bertz CT molecular complexity index is 1390. The maximum atomic E-state index is 13.1. The normalized spacial score (nSPS) is 10.7. The van der Waals surface area contributed by atoms with Gasteiger partial charge in [0, 0.05) is 18.2 Å². The molecule has 0 spiro atoms. The van der Waals surface area contributed by atoms with Crippen molar-refractivity contribution in [1.82, 2.24) is 9.36 Å². The number of halogens is 1. The van der Waals surface area contributed by atoms with E-state index in [4.69, 9.17) is 4.74 Å². The number of hydrogen-bond donors (Lipinski definition) is 1. The lowest BCUT2D eigenvalue weighted by Crippen LogP contribution is -2.25. The number of rotatable bonds is 7. The zero-order valence-corrected chi connectivity index (χ0v) is 18.6. The maximum Gasteiger partial charge on any atom is 0.295 e. The van der Waals surface area contributed by atoms with Gasteiger partial charge in [-0.15, -0.1) is 0 Å². The Labute approximate surface area is 195 Å². The molecule has 3 aromatic carbocycles.